The number of pyridine rings is 1. The predicted octanol–water partition coefficient (Wildman–Crippen LogP) is 2.19. The standard InChI is InChI=1S/C14H13N3O2S/c1-9-8-13-12(6-7-16-14(13)17-9)10-2-4-11(5-3-10)20(15,18)19/h2-8H,1H3,(H,16,17)(H2,15,18,19). The van der Waals surface area contributed by atoms with Crippen LogP contribution < -0.4 is 5.14 Å². The molecule has 1 aromatic carbocycles. The van der Waals surface area contributed by atoms with E-state index in [4.69, 9.17) is 5.14 Å². The summed E-state index contributed by atoms with van der Waals surface area (Å²) in [5.41, 5.74) is 3.76. The van der Waals surface area contributed by atoms with Gasteiger partial charge in [0.2, 0.25) is 10.0 Å². The monoisotopic (exact) mass is 287 g/mol. The van der Waals surface area contributed by atoms with E-state index in [0.717, 1.165) is 27.9 Å². The molecule has 3 N–H and O–H groups in total. The topological polar surface area (TPSA) is 88.8 Å². The molecule has 102 valence electrons. The van der Waals surface area contributed by atoms with Crippen molar-refractivity contribution in [2.75, 3.05) is 0 Å². The van der Waals surface area contributed by atoms with Crippen LogP contribution in [-0.2, 0) is 10.0 Å². The minimum absolute atomic E-state index is 0.108. The Kier molecular flexibility index (Phi) is 2.84. The van der Waals surface area contributed by atoms with Crippen LogP contribution >= 0.6 is 0 Å². The summed E-state index contributed by atoms with van der Waals surface area (Å²) >= 11 is 0. The van der Waals surface area contributed by atoms with Crippen LogP contribution in [0.2, 0.25) is 0 Å². The molecule has 0 atom stereocenters. The first-order valence-corrected chi connectivity index (χ1v) is 7.57. The fourth-order valence-electron chi connectivity index (χ4n) is 2.23. The maximum atomic E-state index is 11.3. The number of rotatable bonds is 2. The Hall–Kier alpha value is -2.18. The molecule has 0 amide bonds. The maximum absolute atomic E-state index is 11.3. The van der Waals surface area contributed by atoms with Gasteiger partial charge in [-0.2, -0.15) is 0 Å². The van der Waals surface area contributed by atoms with Gasteiger partial charge < -0.3 is 4.98 Å². The van der Waals surface area contributed by atoms with E-state index in [1.165, 1.54) is 12.1 Å². The van der Waals surface area contributed by atoms with Crippen LogP contribution in [-0.4, -0.2) is 18.4 Å². The second-order valence-electron chi connectivity index (χ2n) is 4.64. The third-order valence-corrected chi connectivity index (χ3v) is 4.09. The number of nitrogens with one attached hydrogen (secondary N) is 1. The number of nitrogens with zero attached hydrogens (tertiary/aromatic N) is 1. The van der Waals surface area contributed by atoms with E-state index >= 15 is 0 Å². The van der Waals surface area contributed by atoms with Crippen LogP contribution in [0.3, 0.4) is 0 Å². The van der Waals surface area contributed by atoms with Crippen molar-refractivity contribution < 1.29 is 8.42 Å². The SMILES string of the molecule is Cc1cc2c(-c3ccc(S(N)(=O)=O)cc3)ccnc2[nH]1. The van der Waals surface area contributed by atoms with Gasteiger partial charge in [0.25, 0.3) is 0 Å². The highest BCUT2D eigenvalue weighted by Crippen LogP contribution is 2.28. The molecule has 0 fully saturated rings. The molecule has 0 saturated carbocycles. The number of aryl methyl sites for hydroxylation is 1. The van der Waals surface area contributed by atoms with Gasteiger partial charge in [0, 0.05) is 17.3 Å². The van der Waals surface area contributed by atoms with Crippen molar-refractivity contribution in [3.05, 3.63) is 48.3 Å². The Labute approximate surface area is 116 Å². The van der Waals surface area contributed by atoms with Crippen LogP contribution in [0.5, 0.6) is 0 Å². The van der Waals surface area contributed by atoms with Gasteiger partial charge in [-0.3, -0.25) is 0 Å². The van der Waals surface area contributed by atoms with Gasteiger partial charge in [-0.15, -0.1) is 0 Å². The van der Waals surface area contributed by atoms with E-state index in [1.807, 2.05) is 19.1 Å². The molecule has 0 aliphatic carbocycles. The van der Waals surface area contributed by atoms with Crippen molar-refractivity contribution in [2.45, 2.75) is 11.8 Å². The molecular formula is C14H13N3O2S. The lowest BCUT2D eigenvalue weighted by molar-refractivity contribution is 0.598. The Morgan fingerprint density at radius 1 is 1.15 bits per heavy atom. The number of primary sulfonamides is 1. The smallest absolute Gasteiger partial charge is 0.238 e. The molecule has 0 aliphatic heterocycles. The van der Waals surface area contributed by atoms with Gasteiger partial charge in [0.05, 0.1) is 4.90 Å². The van der Waals surface area contributed by atoms with Crippen LogP contribution in [0.4, 0.5) is 0 Å². The largest absolute Gasteiger partial charge is 0.344 e. The zero-order chi connectivity index (χ0) is 14.3. The van der Waals surface area contributed by atoms with Crippen molar-refractivity contribution in [2.24, 2.45) is 5.14 Å². The third-order valence-electron chi connectivity index (χ3n) is 3.16. The lowest BCUT2D eigenvalue weighted by Gasteiger charge is -2.04. The summed E-state index contributed by atoms with van der Waals surface area (Å²) in [4.78, 5) is 7.56. The van der Waals surface area contributed by atoms with Crippen molar-refractivity contribution in [3.63, 3.8) is 0 Å². The molecular weight excluding hydrogens is 274 g/mol. The van der Waals surface area contributed by atoms with Crippen molar-refractivity contribution in [1.29, 1.82) is 0 Å². The first-order valence-electron chi connectivity index (χ1n) is 6.03. The lowest BCUT2D eigenvalue weighted by Crippen LogP contribution is -2.11. The molecule has 0 bridgehead atoms. The van der Waals surface area contributed by atoms with Gasteiger partial charge in [-0.25, -0.2) is 18.5 Å². The van der Waals surface area contributed by atoms with Crippen molar-refractivity contribution >= 4 is 21.1 Å². The number of fused-ring (bicyclic) bond motifs is 1. The molecule has 3 rings (SSSR count). The van der Waals surface area contributed by atoms with Gasteiger partial charge in [0.1, 0.15) is 5.65 Å². The van der Waals surface area contributed by atoms with E-state index in [2.05, 4.69) is 9.97 Å². The average Bonchev–Trinajstić information content (AvgIpc) is 2.78. The quantitative estimate of drug-likeness (QED) is 0.757. The van der Waals surface area contributed by atoms with E-state index in [0.29, 0.717) is 0 Å². The second kappa shape index (κ2) is 4.43. The summed E-state index contributed by atoms with van der Waals surface area (Å²) in [6.07, 6.45) is 1.72. The Bertz CT molecular complexity index is 880. The predicted molar refractivity (Wildman–Crippen MR) is 77.6 cm³/mol. The number of sulfonamides is 1. The number of hydrogen-bond donors (Lipinski definition) is 2. The van der Waals surface area contributed by atoms with E-state index in [1.54, 1.807) is 18.3 Å². The number of aromatic nitrogens is 2. The average molecular weight is 287 g/mol. The Morgan fingerprint density at radius 2 is 1.85 bits per heavy atom. The molecule has 2 aromatic heterocycles. The van der Waals surface area contributed by atoms with E-state index < -0.39 is 10.0 Å². The first kappa shape index (κ1) is 12.8. The summed E-state index contributed by atoms with van der Waals surface area (Å²) in [6, 6.07) is 10.4. The summed E-state index contributed by atoms with van der Waals surface area (Å²) < 4.78 is 22.5. The highest BCUT2D eigenvalue weighted by atomic mass is 32.2. The second-order valence-corrected chi connectivity index (χ2v) is 6.20. The molecule has 0 radical (unpaired) electrons. The highest BCUT2D eigenvalue weighted by Gasteiger charge is 2.10. The minimum Gasteiger partial charge on any atom is -0.344 e. The summed E-state index contributed by atoms with van der Waals surface area (Å²) in [5, 5.41) is 6.10. The number of H-pyrrole nitrogens is 1. The number of aromatic amines is 1. The van der Waals surface area contributed by atoms with Crippen LogP contribution in [0.25, 0.3) is 22.2 Å². The van der Waals surface area contributed by atoms with Crippen LogP contribution in [0.1, 0.15) is 5.69 Å². The number of benzene rings is 1. The fraction of sp³-hybridized carbons (Fsp3) is 0.0714. The molecule has 20 heavy (non-hydrogen) atoms. The van der Waals surface area contributed by atoms with Crippen LogP contribution in [0, 0.1) is 6.92 Å². The highest BCUT2D eigenvalue weighted by molar-refractivity contribution is 7.89. The molecule has 2 heterocycles. The molecule has 6 heteroatoms. The van der Waals surface area contributed by atoms with Gasteiger partial charge in [-0.1, -0.05) is 12.1 Å². The Morgan fingerprint density at radius 3 is 2.50 bits per heavy atom. The maximum Gasteiger partial charge on any atom is 0.238 e. The third kappa shape index (κ3) is 2.19. The number of hydrogen-bond acceptors (Lipinski definition) is 3. The molecule has 0 saturated heterocycles. The van der Waals surface area contributed by atoms with Gasteiger partial charge in [-0.05, 0) is 42.3 Å². The van der Waals surface area contributed by atoms with Crippen molar-refractivity contribution in [3.8, 4) is 11.1 Å². The molecule has 0 unspecified atom stereocenters. The lowest BCUT2D eigenvalue weighted by atomic mass is 10.0. The molecule has 0 aliphatic rings. The first-order chi connectivity index (χ1) is 9.45. The van der Waals surface area contributed by atoms with Gasteiger partial charge in [0.15, 0.2) is 0 Å². The molecule has 0 spiro atoms. The molecule has 5 nitrogen and oxygen atoms in total. The summed E-state index contributed by atoms with van der Waals surface area (Å²) in [7, 11) is -3.66. The normalized spacial score (nSPS) is 11.9. The minimum atomic E-state index is -3.66. The summed E-state index contributed by atoms with van der Waals surface area (Å²) in [5.74, 6) is 0. The number of nitrogens with two attached hydrogens (primary N) is 1. The van der Waals surface area contributed by atoms with Crippen LogP contribution in [0.15, 0.2) is 47.5 Å². The Balaban J connectivity index is 2.16. The van der Waals surface area contributed by atoms with Gasteiger partial charge >= 0.3 is 0 Å². The van der Waals surface area contributed by atoms with Crippen molar-refractivity contribution in [1.82, 2.24) is 9.97 Å². The summed E-state index contributed by atoms with van der Waals surface area (Å²) in [6.45, 7) is 1.97. The fourth-order valence-corrected chi connectivity index (χ4v) is 2.75. The molecule has 3 aromatic rings. The van der Waals surface area contributed by atoms with E-state index in [9.17, 15) is 8.42 Å². The zero-order valence-corrected chi connectivity index (χ0v) is 11.6. The zero-order valence-electron chi connectivity index (χ0n) is 10.8. The van der Waals surface area contributed by atoms with E-state index in [-0.39, 0.29) is 4.90 Å².